The van der Waals surface area contributed by atoms with Gasteiger partial charge in [0.05, 0.1) is 30.5 Å². The molecule has 1 heterocycles. The number of aliphatic carboxylic acids is 1. The number of carbonyl (C=O) groups is 8. The first kappa shape index (κ1) is 71.2. The van der Waals surface area contributed by atoms with Crippen LogP contribution in [0.2, 0.25) is 0 Å². The number of aliphatic imine (C=N–C) groups is 1. The number of aromatic amines is 1. The zero-order valence-corrected chi connectivity index (χ0v) is 51.0. The molecular formula is C63H94N10O10S. The third-order valence-electron chi connectivity index (χ3n) is 15.0. The van der Waals surface area contributed by atoms with Crippen molar-refractivity contribution in [1.29, 1.82) is 0 Å². The number of aromatic hydroxyl groups is 1. The van der Waals surface area contributed by atoms with E-state index in [2.05, 4.69) is 45.1 Å². The maximum Gasteiger partial charge on any atom is 0.305 e. The number of nitrogens with zero attached hydrogens (tertiary/aromatic N) is 1. The quantitative estimate of drug-likeness (QED) is 0.0142. The van der Waals surface area contributed by atoms with E-state index < -0.39 is 53.8 Å². The Hall–Kier alpha value is -7.10. The highest BCUT2D eigenvalue weighted by atomic mass is 32.2. The van der Waals surface area contributed by atoms with E-state index in [1.54, 1.807) is 23.9 Å². The van der Waals surface area contributed by atoms with Gasteiger partial charge in [-0.15, -0.1) is 0 Å². The summed E-state index contributed by atoms with van der Waals surface area (Å²) in [5.74, 6) is -4.07. The Labute approximate surface area is 500 Å². The lowest BCUT2D eigenvalue weighted by molar-refractivity contribution is -0.138. The van der Waals surface area contributed by atoms with Crippen molar-refractivity contribution in [1.82, 2.24) is 26.3 Å². The van der Waals surface area contributed by atoms with Gasteiger partial charge in [-0.25, -0.2) is 0 Å². The number of benzene rings is 3. The Morgan fingerprint density at radius 3 is 1.82 bits per heavy atom. The number of hydrogen-bond acceptors (Lipinski definition) is 13. The van der Waals surface area contributed by atoms with Gasteiger partial charge in [-0.05, 0) is 123 Å². The number of H-pyrrole nitrogens is 1. The number of thioether (sulfide) groups is 1. The molecule has 4 aromatic rings. The van der Waals surface area contributed by atoms with Crippen LogP contribution in [-0.2, 0) is 57.6 Å². The fourth-order valence-electron chi connectivity index (χ4n) is 9.71. The van der Waals surface area contributed by atoms with Crippen LogP contribution in [0.25, 0.3) is 10.9 Å². The number of amides is 4. The molecule has 4 rings (SSSR count). The molecule has 4 amide bonds. The van der Waals surface area contributed by atoms with Crippen LogP contribution in [0.15, 0.2) is 90.1 Å². The molecule has 0 saturated carbocycles. The average Bonchev–Trinajstić information content (AvgIpc) is 3.75. The molecule has 462 valence electrons. The summed E-state index contributed by atoms with van der Waals surface area (Å²) in [7, 11) is 0. The van der Waals surface area contributed by atoms with Gasteiger partial charge in [-0.3, -0.25) is 43.3 Å². The van der Waals surface area contributed by atoms with Crippen molar-refractivity contribution in [2.45, 2.75) is 149 Å². The summed E-state index contributed by atoms with van der Waals surface area (Å²) < 4.78 is 0. The Balaban J connectivity index is 0.000000458. The third kappa shape index (κ3) is 26.2. The summed E-state index contributed by atoms with van der Waals surface area (Å²) in [6.07, 6.45) is 7.74. The molecule has 0 aliphatic carbocycles. The highest BCUT2D eigenvalue weighted by Crippen LogP contribution is 2.25. The standard InChI is InChI=1S/C37H56N6O5.C26H38N4O5S/c1-23(2)25(5)18-33(46)34(24(3)4)43-36(48)29(19-27-13-15-30(44)16-14-27)21-32(45)31(20-26-10-7-6-8-11-26)42-35(47)28(22-38)12-9-17-41-37(39)40;1-17(31)29-23(10-12-36-2)24(32)14-18(13-19-16-28-22-9-4-3-8-21(19)22)26(35)30-20(15-25(33)34)7-5-6-11-27/h6-8,10-11,13-16,23-25,28-29,31,34,44H,9,12,17-22,38H2,1-5H3,(H,42,47)(H,43,48)(H4,39,40,41);3-4,8-9,16,18,20,23,28H,5-7,10-15,27H2,1-2H3,(H,29,31)(H,30,35)(H,33,34)/t25-,28+,29+,31-,34-;18-,20+,23+/m01/s1. The fraction of sp³-hybridized carbons (Fsp3) is 0.540. The number of Topliss-reactive ketones (excluding diaryl/α,β-unsaturated/α-hetero) is 3. The van der Waals surface area contributed by atoms with Gasteiger partial charge in [0.15, 0.2) is 23.3 Å². The van der Waals surface area contributed by atoms with Crippen LogP contribution in [0.3, 0.4) is 0 Å². The summed E-state index contributed by atoms with van der Waals surface area (Å²) in [4.78, 5) is 112. The van der Waals surface area contributed by atoms with E-state index in [0.717, 1.165) is 34.0 Å². The molecule has 3 aromatic carbocycles. The zero-order valence-electron chi connectivity index (χ0n) is 50.2. The number of carboxylic acid groups (broad SMARTS) is 1. The smallest absolute Gasteiger partial charge is 0.305 e. The van der Waals surface area contributed by atoms with Crippen molar-refractivity contribution in [3.8, 4) is 5.75 Å². The van der Waals surface area contributed by atoms with Crippen molar-refractivity contribution in [3.63, 3.8) is 0 Å². The number of phenols is 1. The molecule has 0 radical (unpaired) electrons. The predicted octanol–water partition coefficient (Wildman–Crippen LogP) is 5.89. The minimum absolute atomic E-state index is 0.0302. The van der Waals surface area contributed by atoms with Gasteiger partial charge in [0.1, 0.15) is 5.75 Å². The second-order valence-electron chi connectivity index (χ2n) is 22.5. The van der Waals surface area contributed by atoms with E-state index >= 15 is 0 Å². The minimum atomic E-state index is -1.000. The van der Waals surface area contributed by atoms with Gasteiger partial charge in [0.2, 0.25) is 23.6 Å². The number of aromatic nitrogens is 1. The predicted molar refractivity (Wildman–Crippen MR) is 333 cm³/mol. The van der Waals surface area contributed by atoms with Gasteiger partial charge in [0, 0.05) is 74.3 Å². The molecule has 0 saturated heterocycles. The highest BCUT2D eigenvalue weighted by Gasteiger charge is 2.34. The number of carbonyl (C=O) groups excluding carboxylic acids is 7. The molecule has 1 aromatic heterocycles. The molecule has 0 aliphatic rings. The summed E-state index contributed by atoms with van der Waals surface area (Å²) in [5, 5.41) is 31.6. The van der Waals surface area contributed by atoms with E-state index in [0.29, 0.717) is 69.7 Å². The van der Waals surface area contributed by atoms with Crippen LogP contribution >= 0.6 is 11.8 Å². The topological polar surface area (TPSA) is 357 Å². The molecule has 20 nitrogen and oxygen atoms in total. The molecule has 0 fully saturated rings. The monoisotopic (exact) mass is 1180 g/mol. The van der Waals surface area contributed by atoms with Crippen LogP contribution in [0, 0.1) is 35.5 Å². The second kappa shape index (κ2) is 38.0. The number of nitrogens with one attached hydrogen (secondary N) is 5. The maximum atomic E-state index is 14.1. The van der Waals surface area contributed by atoms with Crippen LogP contribution in [0.4, 0.5) is 0 Å². The lowest BCUT2D eigenvalue weighted by atomic mass is 9.86. The van der Waals surface area contributed by atoms with Crippen molar-refractivity contribution >= 4 is 75.6 Å². The van der Waals surface area contributed by atoms with E-state index in [4.69, 9.17) is 22.9 Å². The number of nitrogens with two attached hydrogens (primary N) is 4. The molecule has 0 unspecified atom stereocenters. The lowest BCUT2D eigenvalue weighted by Crippen LogP contribution is -2.50. The Kier molecular flexibility index (Phi) is 32.2. The van der Waals surface area contributed by atoms with E-state index in [1.165, 1.54) is 19.1 Å². The first-order valence-electron chi connectivity index (χ1n) is 29.3. The highest BCUT2D eigenvalue weighted by molar-refractivity contribution is 7.98. The maximum absolute atomic E-state index is 14.1. The van der Waals surface area contributed by atoms with Crippen molar-refractivity contribution in [3.05, 3.63) is 102 Å². The number of unbranched alkanes of at least 4 members (excludes halogenated alkanes) is 1. The van der Waals surface area contributed by atoms with Crippen LogP contribution in [0.5, 0.6) is 5.75 Å². The average molecular weight is 1180 g/mol. The fourth-order valence-corrected chi connectivity index (χ4v) is 10.2. The van der Waals surface area contributed by atoms with Crippen molar-refractivity contribution < 1.29 is 48.6 Å². The minimum Gasteiger partial charge on any atom is -0.508 e. The van der Waals surface area contributed by atoms with Crippen LogP contribution in [0.1, 0.15) is 122 Å². The van der Waals surface area contributed by atoms with Gasteiger partial charge in [0.25, 0.3) is 0 Å². The molecule has 0 aliphatic heterocycles. The van der Waals surface area contributed by atoms with Gasteiger partial charge < -0.3 is 59.4 Å². The van der Waals surface area contributed by atoms with E-state index in [-0.39, 0.29) is 97.3 Å². The molecule has 8 atom stereocenters. The Morgan fingerprint density at radius 1 is 0.619 bits per heavy atom. The molecule has 0 spiro atoms. The third-order valence-corrected chi connectivity index (χ3v) is 15.6. The van der Waals surface area contributed by atoms with Crippen LogP contribution < -0.4 is 44.2 Å². The molecule has 21 heteroatoms. The van der Waals surface area contributed by atoms with Crippen molar-refractivity contribution in [2.24, 2.45) is 63.4 Å². The van der Waals surface area contributed by atoms with E-state index in [1.807, 2.05) is 87.8 Å². The number of phenolic OH excluding ortho intramolecular Hbond substituents is 1. The molecule has 84 heavy (non-hydrogen) atoms. The summed E-state index contributed by atoms with van der Waals surface area (Å²) >= 11 is 1.58. The summed E-state index contributed by atoms with van der Waals surface area (Å²) in [6, 6.07) is 20.7. The normalized spacial score (nSPS) is 14.1. The molecule has 0 bridgehead atoms. The van der Waals surface area contributed by atoms with Crippen LogP contribution in [-0.4, -0.2) is 124 Å². The van der Waals surface area contributed by atoms with E-state index in [9.17, 15) is 48.6 Å². The zero-order chi connectivity index (χ0) is 62.3. The molecule has 15 N–H and O–H groups in total. The number of ketones is 3. The van der Waals surface area contributed by atoms with Gasteiger partial charge >= 0.3 is 5.97 Å². The summed E-state index contributed by atoms with van der Waals surface area (Å²) in [5.41, 5.74) is 25.7. The number of fused-ring (bicyclic) bond motifs is 1. The second-order valence-corrected chi connectivity index (χ2v) is 23.5. The lowest BCUT2D eigenvalue weighted by Gasteiger charge is -2.27. The number of para-hydroxylation sites is 1. The SMILES string of the molecule is CC(C)[C@H](NC(=O)[C@@H](CC(=O)[C@H](Cc1ccccc1)NC(=O)[C@@H](CN)CCCN=C(N)N)Cc1ccc(O)cc1)C(=O)C[C@H](C)C(C)C.CSCC[C@H](NC(C)=O)C(=O)C[C@@H](Cc1c[nH]c2ccccc12)C(=O)N[C@@H](CCCCN)CC(=O)O. The Bertz CT molecular complexity index is 2730. The van der Waals surface area contributed by atoms with Crippen molar-refractivity contribution in [2.75, 3.05) is 31.6 Å². The number of rotatable bonds is 38. The van der Waals surface area contributed by atoms with Gasteiger partial charge in [-0.1, -0.05) is 102 Å². The number of hydrogen-bond donors (Lipinski definition) is 11. The van der Waals surface area contributed by atoms with Gasteiger partial charge in [-0.2, -0.15) is 11.8 Å². The summed E-state index contributed by atoms with van der Waals surface area (Å²) in [6.45, 7) is 12.2. The first-order chi connectivity index (χ1) is 40.0. The Morgan fingerprint density at radius 2 is 1.23 bits per heavy atom. The number of guanidine groups is 1. The molecular weight excluding hydrogens is 1090 g/mol. The first-order valence-corrected chi connectivity index (χ1v) is 30.6. The largest absolute Gasteiger partial charge is 0.508 e. The number of carboxylic acids is 1.